The fourth-order valence-electron chi connectivity index (χ4n) is 3.21. The van der Waals surface area contributed by atoms with Crippen LogP contribution in [0.2, 0.25) is 0 Å². The third-order valence-electron chi connectivity index (χ3n) is 4.44. The highest BCUT2D eigenvalue weighted by atomic mass is 32.2. The molecule has 0 saturated heterocycles. The second kappa shape index (κ2) is 11.9. The lowest BCUT2D eigenvalue weighted by atomic mass is 10.1. The SMILES string of the molecule is CN(C)Cc1ccc(CSCCNC(=C[N+](=O)[O-])NC2CCCCCC2)o1. The first kappa shape index (κ1) is 21.6. The van der Waals surface area contributed by atoms with Crippen LogP contribution in [0.25, 0.3) is 0 Å². The Kier molecular flexibility index (Phi) is 9.55. The Bertz CT molecular complexity index is 596. The van der Waals surface area contributed by atoms with Crippen molar-refractivity contribution in [2.45, 2.75) is 56.9 Å². The van der Waals surface area contributed by atoms with Crippen LogP contribution in [0.4, 0.5) is 0 Å². The van der Waals surface area contributed by atoms with Crippen molar-refractivity contribution in [1.29, 1.82) is 0 Å². The monoisotopic (exact) mass is 396 g/mol. The van der Waals surface area contributed by atoms with Crippen LogP contribution in [0.15, 0.2) is 28.6 Å². The first-order valence-corrected chi connectivity index (χ1v) is 10.8. The fraction of sp³-hybridized carbons (Fsp3) is 0.684. The molecule has 0 bridgehead atoms. The van der Waals surface area contributed by atoms with E-state index in [2.05, 4.69) is 15.5 Å². The Morgan fingerprint density at radius 3 is 2.67 bits per heavy atom. The lowest BCUT2D eigenvalue weighted by Crippen LogP contribution is -2.36. The number of hydrogen-bond acceptors (Lipinski definition) is 7. The third-order valence-corrected chi connectivity index (χ3v) is 5.43. The van der Waals surface area contributed by atoms with Crippen LogP contribution >= 0.6 is 11.8 Å². The van der Waals surface area contributed by atoms with Crippen molar-refractivity contribution < 1.29 is 9.34 Å². The number of furan rings is 1. The first-order valence-electron chi connectivity index (χ1n) is 9.68. The second-order valence-electron chi connectivity index (χ2n) is 7.25. The van der Waals surface area contributed by atoms with Crippen molar-refractivity contribution in [3.8, 4) is 0 Å². The van der Waals surface area contributed by atoms with Crippen LogP contribution < -0.4 is 10.6 Å². The lowest BCUT2D eigenvalue weighted by Gasteiger charge is -2.19. The number of thioether (sulfide) groups is 1. The fourth-order valence-corrected chi connectivity index (χ4v) is 3.96. The first-order chi connectivity index (χ1) is 13.0. The summed E-state index contributed by atoms with van der Waals surface area (Å²) in [4.78, 5) is 12.6. The summed E-state index contributed by atoms with van der Waals surface area (Å²) in [6.45, 7) is 1.48. The minimum atomic E-state index is -0.395. The zero-order chi connectivity index (χ0) is 19.5. The molecule has 2 N–H and O–H groups in total. The van der Waals surface area contributed by atoms with Gasteiger partial charge in [0.15, 0.2) is 5.82 Å². The van der Waals surface area contributed by atoms with E-state index in [0.29, 0.717) is 18.4 Å². The van der Waals surface area contributed by atoms with Gasteiger partial charge in [0.05, 0.1) is 17.2 Å². The number of nitrogens with zero attached hydrogens (tertiary/aromatic N) is 2. The molecule has 1 aliphatic carbocycles. The van der Waals surface area contributed by atoms with Gasteiger partial charge in [-0.15, -0.1) is 0 Å². The Morgan fingerprint density at radius 1 is 1.30 bits per heavy atom. The lowest BCUT2D eigenvalue weighted by molar-refractivity contribution is -0.404. The van der Waals surface area contributed by atoms with Crippen LogP contribution in [0.3, 0.4) is 0 Å². The van der Waals surface area contributed by atoms with Crippen molar-refractivity contribution in [2.24, 2.45) is 0 Å². The maximum atomic E-state index is 10.9. The van der Waals surface area contributed by atoms with Gasteiger partial charge in [0.25, 0.3) is 6.20 Å². The molecule has 1 aliphatic rings. The smallest absolute Gasteiger partial charge is 0.274 e. The molecule has 152 valence electrons. The standard InChI is InChI=1S/C19H32N4O3S/c1-22(2)13-17-9-10-18(26-17)15-27-12-11-20-19(14-23(24)25)21-16-7-5-3-4-6-8-16/h9-10,14,16,20-21H,3-8,11-13,15H2,1-2H3. The van der Waals surface area contributed by atoms with E-state index in [0.717, 1.165) is 48.6 Å². The molecule has 0 amide bonds. The molecule has 1 fully saturated rings. The van der Waals surface area contributed by atoms with Gasteiger partial charge in [-0.25, -0.2) is 0 Å². The maximum absolute atomic E-state index is 10.9. The number of nitrogens with one attached hydrogen (secondary N) is 2. The van der Waals surface area contributed by atoms with Crippen LogP contribution in [0.5, 0.6) is 0 Å². The summed E-state index contributed by atoms with van der Waals surface area (Å²) in [5.41, 5.74) is 0. The molecular formula is C19H32N4O3S. The third kappa shape index (κ3) is 9.19. The highest BCUT2D eigenvalue weighted by Gasteiger charge is 2.14. The van der Waals surface area contributed by atoms with E-state index in [-0.39, 0.29) is 0 Å². The molecule has 2 rings (SSSR count). The molecule has 0 aromatic carbocycles. The van der Waals surface area contributed by atoms with Gasteiger partial charge in [0, 0.05) is 18.3 Å². The summed E-state index contributed by atoms with van der Waals surface area (Å²) in [7, 11) is 4.03. The van der Waals surface area contributed by atoms with Gasteiger partial charge in [0.2, 0.25) is 0 Å². The largest absolute Gasteiger partial charge is 0.464 e. The summed E-state index contributed by atoms with van der Waals surface area (Å²) >= 11 is 1.75. The summed E-state index contributed by atoms with van der Waals surface area (Å²) in [5, 5.41) is 17.4. The molecule has 0 atom stereocenters. The molecule has 0 aliphatic heterocycles. The Morgan fingerprint density at radius 2 is 2.00 bits per heavy atom. The predicted molar refractivity (Wildman–Crippen MR) is 110 cm³/mol. The quantitative estimate of drug-likeness (QED) is 0.256. The van der Waals surface area contributed by atoms with Crippen molar-refractivity contribution in [3.05, 3.63) is 45.8 Å². The zero-order valence-corrected chi connectivity index (χ0v) is 17.2. The van der Waals surface area contributed by atoms with Gasteiger partial charge in [-0.1, -0.05) is 25.7 Å². The van der Waals surface area contributed by atoms with Crippen molar-refractivity contribution in [2.75, 3.05) is 26.4 Å². The van der Waals surface area contributed by atoms with E-state index in [1.54, 1.807) is 11.8 Å². The Hall–Kier alpha value is -1.67. The average molecular weight is 397 g/mol. The molecule has 27 heavy (non-hydrogen) atoms. The van der Waals surface area contributed by atoms with Crippen LogP contribution in [-0.4, -0.2) is 42.3 Å². The number of rotatable bonds is 11. The van der Waals surface area contributed by atoms with E-state index in [4.69, 9.17) is 4.42 Å². The van der Waals surface area contributed by atoms with Crippen LogP contribution in [-0.2, 0) is 12.3 Å². The van der Waals surface area contributed by atoms with Gasteiger partial charge in [0.1, 0.15) is 11.5 Å². The van der Waals surface area contributed by atoms with Gasteiger partial charge in [-0.05, 0) is 39.1 Å². The summed E-state index contributed by atoms with van der Waals surface area (Å²) in [5.74, 6) is 4.12. The second-order valence-corrected chi connectivity index (χ2v) is 8.35. The van der Waals surface area contributed by atoms with Crippen molar-refractivity contribution in [3.63, 3.8) is 0 Å². The zero-order valence-electron chi connectivity index (χ0n) is 16.4. The molecule has 1 heterocycles. The van der Waals surface area contributed by atoms with Crippen LogP contribution in [0.1, 0.15) is 50.0 Å². The Labute approximate surface area is 166 Å². The van der Waals surface area contributed by atoms with Gasteiger partial charge >= 0.3 is 0 Å². The number of nitro groups is 1. The van der Waals surface area contributed by atoms with E-state index >= 15 is 0 Å². The minimum Gasteiger partial charge on any atom is -0.464 e. The van der Waals surface area contributed by atoms with E-state index in [1.165, 1.54) is 25.7 Å². The molecule has 8 heteroatoms. The van der Waals surface area contributed by atoms with Gasteiger partial charge < -0.3 is 20.0 Å². The van der Waals surface area contributed by atoms with Gasteiger partial charge in [-0.2, -0.15) is 11.8 Å². The van der Waals surface area contributed by atoms with E-state index in [1.807, 2.05) is 26.2 Å². The van der Waals surface area contributed by atoms with Crippen molar-refractivity contribution in [1.82, 2.24) is 15.5 Å². The normalized spacial score (nSPS) is 16.3. The molecule has 7 nitrogen and oxygen atoms in total. The molecule has 1 saturated carbocycles. The van der Waals surface area contributed by atoms with E-state index in [9.17, 15) is 10.1 Å². The molecular weight excluding hydrogens is 364 g/mol. The summed E-state index contributed by atoms with van der Waals surface area (Å²) in [6, 6.07) is 4.37. The highest BCUT2D eigenvalue weighted by Crippen LogP contribution is 2.18. The molecule has 1 aromatic heterocycles. The molecule has 0 spiro atoms. The highest BCUT2D eigenvalue weighted by molar-refractivity contribution is 7.98. The summed E-state index contributed by atoms with van der Waals surface area (Å²) < 4.78 is 5.79. The molecule has 1 aromatic rings. The van der Waals surface area contributed by atoms with Crippen LogP contribution in [0, 0.1) is 10.1 Å². The predicted octanol–water partition coefficient (Wildman–Crippen LogP) is 3.55. The molecule has 0 unspecified atom stereocenters. The summed E-state index contributed by atoms with van der Waals surface area (Å²) in [6.07, 6.45) is 8.13. The Balaban J connectivity index is 1.70. The van der Waals surface area contributed by atoms with E-state index < -0.39 is 4.92 Å². The topological polar surface area (TPSA) is 83.6 Å². The minimum absolute atomic E-state index is 0.331. The molecule has 0 radical (unpaired) electrons. The van der Waals surface area contributed by atoms with Crippen molar-refractivity contribution >= 4 is 11.8 Å². The maximum Gasteiger partial charge on any atom is 0.274 e. The average Bonchev–Trinajstić information content (AvgIpc) is 2.87. The van der Waals surface area contributed by atoms with Gasteiger partial charge in [-0.3, -0.25) is 10.1 Å². The number of hydrogen-bond donors (Lipinski definition) is 2.